The lowest BCUT2D eigenvalue weighted by atomic mass is 9.86. The summed E-state index contributed by atoms with van der Waals surface area (Å²) >= 11 is 0. The summed E-state index contributed by atoms with van der Waals surface area (Å²) in [6.07, 6.45) is -0.484. The van der Waals surface area contributed by atoms with Gasteiger partial charge in [0, 0.05) is 5.92 Å². The molecule has 0 bridgehead atoms. The topological polar surface area (TPSA) is 65.0 Å². The number of carbonyl (C=O) groups is 1. The number of cyclic esters (lactones) is 1. The van der Waals surface area contributed by atoms with Crippen LogP contribution < -0.4 is 9.47 Å². The Morgan fingerprint density at radius 1 is 1.26 bits per heavy atom. The van der Waals surface area contributed by atoms with Crippen molar-refractivity contribution in [3.05, 3.63) is 23.8 Å². The molecular formula is C14H18O5. The lowest BCUT2D eigenvalue weighted by Gasteiger charge is -2.20. The monoisotopic (exact) mass is 266 g/mol. The first kappa shape index (κ1) is 13.7. The maximum Gasteiger partial charge on any atom is 0.338 e. The van der Waals surface area contributed by atoms with Gasteiger partial charge in [-0.3, -0.25) is 0 Å². The molecule has 1 N–H and O–H groups in total. The Morgan fingerprint density at radius 3 is 2.37 bits per heavy atom. The molecule has 1 heterocycles. The number of carbonyl (C=O) groups excluding carboxylic acids is 1. The van der Waals surface area contributed by atoms with Crippen LogP contribution in [0.1, 0.15) is 25.5 Å². The fourth-order valence-corrected chi connectivity index (χ4v) is 2.20. The van der Waals surface area contributed by atoms with Gasteiger partial charge >= 0.3 is 5.97 Å². The molecule has 0 radical (unpaired) electrons. The number of hydrogen-bond acceptors (Lipinski definition) is 5. The molecular weight excluding hydrogens is 248 g/mol. The number of hydrogen-bond donors (Lipinski definition) is 1. The molecule has 3 unspecified atom stereocenters. The van der Waals surface area contributed by atoms with Gasteiger partial charge in [-0.2, -0.15) is 0 Å². The van der Waals surface area contributed by atoms with Gasteiger partial charge in [-0.15, -0.1) is 0 Å². The molecule has 3 atom stereocenters. The molecule has 19 heavy (non-hydrogen) atoms. The molecule has 0 spiro atoms. The van der Waals surface area contributed by atoms with Gasteiger partial charge in [-0.1, -0.05) is 13.0 Å². The van der Waals surface area contributed by atoms with Crippen LogP contribution in [0.5, 0.6) is 11.5 Å². The van der Waals surface area contributed by atoms with Crippen LogP contribution in [0.3, 0.4) is 0 Å². The van der Waals surface area contributed by atoms with Crippen LogP contribution in [0.15, 0.2) is 18.2 Å². The van der Waals surface area contributed by atoms with Crippen LogP contribution in [0, 0.1) is 5.92 Å². The van der Waals surface area contributed by atoms with Gasteiger partial charge in [0.1, 0.15) is 6.10 Å². The van der Waals surface area contributed by atoms with Gasteiger partial charge < -0.3 is 19.3 Å². The van der Waals surface area contributed by atoms with E-state index in [0.29, 0.717) is 11.5 Å². The minimum absolute atomic E-state index is 0.335. The van der Waals surface area contributed by atoms with Gasteiger partial charge in [0.25, 0.3) is 0 Å². The maximum absolute atomic E-state index is 11.6. The van der Waals surface area contributed by atoms with Crippen molar-refractivity contribution in [2.75, 3.05) is 14.2 Å². The maximum atomic E-state index is 11.6. The van der Waals surface area contributed by atoms with Gasteiger partial charge in [-0.05, 0) is 24.6 Å². The van der Waals surface area contributed by atoms with E-state index in [9.17, 15) is 9.90 Å². The third-order valence-corrected chi connectivity index (χ3v) is 3.72. The molecule has 1 aromatic carbocycles. The van der Waals surface area contributed by atoms with Crippen molar-refractivity contribution in [1.82, 2.24) is 0 Å². The molecule has 2 rings (SSSR count). The Hall–Kier alpha value is -1.75. The molecule has 0 saturated carbocycles. The van der Waals surface area contributed by atoms with E-state index in [1.165, 1.54) is 6.92 Å². The second-order valence-corrected chi connectivity index (χ2v) is 4.88. The quantitative estimate of drug-likeness (QED) is 0.843. The first-order chi connectivity index (χ1) is 8.91. The van der Waals surface area contributed by atoms with Crippen molar-refractivity contribution in [2.45, 2.75) is 25.6 Å². The van der Waals surface area contributed by atoms with E-state index in [2.05, 4.69) is 0 Å². The zero-order valence-corrected chi connectivity index (χ0v) is 11.5. The second-order valence-electron chi connectivity index (χ2n) is 4.88. The molecule has 1 aliphatic rings. The average molecular weight is 266 g/mol. The van der Waals surface area contributed by atoms with E-state index in [0.717, 1.165) is 5.56 Å². The Kier molecular flexibility index (Phi) is 3.41. The fourth-order valence-electron chi connectivity index (χ4n) is 2.20. The summed E-state index contributed by atoms with van der Waals surface area (Å²) in [4.78, 5) is 11.6. The Labute approximate surface area is 112 Å². The van der Waals surface area contributed by atoms with Crippen molar-refractivity contribution in [2.24, 2.45) is 5.92 Å². The van der Waals surface area contributed by atoms with Gasteiger partial charge in [-0.25, -0.2) is 4.79 Å². The molecule has 0 amide bonds. The molecule has 1 aliphatic heterocycles. The highest BCUT2D eigenvalue weighted by Crippen LogP contribution is 2.43. The van der Waals surface area contributed by atoms with Crippen LogP contribution in [0.4, 0.5) is 0 Å². The van der Waals surface area contributed by atoms with Gasteiger partial charge in [0.15, 0.2) is 17.1 Å². The van der Waals surface area contributed by atoms with Crippen molar-refractivity contribution in [3.8, 4) is 11.5 Å². The Balaban J connectivity index is 2.36. The molecule has 1 aromatic rings. The third-order valence-electron chi connectivity index (χ3n) is 3.72. The molecule has 1 fully saturated rings. The fraction of sp³-hybridized carbons (Fsp3) is 0.500. The summed E-state index contributed by atoms with van der Waals surface area (Å²) in [5, 5.41) is 10.1. The smallest absolute Gasteiger partial charge is 0.338 e. The van der Waals surface area contributed by atoms with Crippen molar-refractivity contribution < 1.29 is 24.1 Å². The third kappa shape index (κ3) is 2.14. The highest BCUT2D eigenvalue weighted by molar-refractivity contribution is 5.81. The lowest BCUT2D eigenvalue weighted by Crippen LogP contribution is -2.35. The van der Waals surface area contributed by atoms with Crippen LogP contribution >= 0.6 is 0 Å². The van der Waals surface area contributed by atoms with Crippen LogP contribution in [0.2, 0.25) is 0 Å². The number of methoxy groups -OCH3 is 2. The largest absolute Gasteiger partial charge is 0.493 e. The van der Waals surface area contributed by atoms with Crippen LogP contribution in [0.25, 0.3) is 0 Å². The Morgan fingerprint density at radius 2 is 1.89 bits per heavy atom. The van der Waals surface area contributed by atoms with Crippen LogP contribution in [-0.4, -0.2) is 30.9 Å². The van der Waals surface area contributed by atoms with Crippen molar-refractivity contribution >= 4 is 5.97 Å². The molecule has 1 saturated heterocycles. The van der Waals surface area contributed by atoms with E-state index in [4.69, 9.17) is 14.2 Å². The van der Waals surface area contributed by atoms with Gasteiger partial charge in [0.2, 0.25) is 0 Å². The number of ether oxygens (including phenoxy) is 3. The first-order valence-corrected chi connectivity index (χ1v) is 6.07. The zero-order valence-electron chi connectivity index (χ0n) is 11.5. The second kappa shape index (κ2) is 4.74. The number of benzene rings is 1. The molecule has 0 aliphatic carbocycles. The minimum Gasteiger partial charge on any atom is -0.493 e. The summed E-state index contributed by atoms with van der Waals surface area (Å²) in [5.74, 6) is 0.239. The van der Waals surface area contributed by atoms with E-state index in [1.807, 2.05) is 0 Å². The van der Waals surface area contributed by atoms with E-state index in [1.54, 1.807) is 39.3 Å². The summed E-state index contributed by atoms with van der Waals surface area (Å²) in [6.45, 7) is 3.26. The van der Waals surface area contributed by atoms with Crippen molar-refractivity contribution in [3.63, 3.8) is 0 Å². The average Bonchev–Trinajstić information content (AvgIpc) is 2.61. The predicted octanol–water partition coefficient (Wildman–Crippen LogP) is 1.69. The van der Waals surface area contributed by atoms with E-state index < -0.39 is 17.7 Å². The van der Waals surface area contributed by atoms with E-state index >= 15 is 0 Å². The molecule has 5 nitrogen and oxygen atoms in total. The molecule has 104 valence electrons. The van der Waals surface area contributed by atoms with Crippen molar-refractivity contribution in [1.29, 1.82) is 0 Å². The van der Waals surface area contributed by atoms with E-state index in [-0.39, 0.29) is 5.92 Å². The van der Waals surface area contributed by atoms with Gasteiger partial charge in [0.05, 0.1) is 14.2 Å². The summed E-state index contributed by atoms with van der Waals surface area (Å²) in [5.41, 5.74) is -0.686. The molecule has 0 aromatic heterocycles. The standard InChI is InChI=1S/C14H18O5/c1-8-12(19-13(15)14(8,2)16)9-5-6-10(17-3)11(7-9)18-4/h5-8,12,16H,1-4H3. The highest BCUT2D eigenvalue weighted by atomic mass is 16.6. The summed E-state index contributed by atoms with van der Waals surface area (Å²) in [6, 6.07) is 5.31. The Bertz CT molecular complexity index is 495. The normalized spacial score (nSPS) is 30.1. The minimum atomic E-state index is -1.46. The number of aliphatic hydroxyl groups is 1. The zero-order chi connectivity index (χ0) is 14.2. The predicted molar refractivity (Wildman–Crippen MR) is 68.2 cm³/mol. The van der Waals surface area contributed by atoms with Crippen LogP contribution in [-0.2, 0) is 9.53 Å². The SMILES string of the molecule is COc1ccc(C2OC(=O)C(C)(O)C2C)cc1OC. The number of rotatable bonds is 3. The highest BCUT2D eigenvalue weighted by Gasteiger charge is 2.51. The number of esters is 1. The summed E-state index contributed by atoms with van der Waals surface area (Å²) < 4.78 is 15.6. The first-order valence-electron chi connectivity index (χ1n) is 6.07. The molecule has 5 heteroatoms. The summed E-state index contributed by atoms with van der Waals surface area (Å²) in [7, 11) is 3.10. The lowest BCUT2D eigenvalue weighted by molar-refractivity contribution is -0.154.